The van der Waals surface area contributed by atoms with Gasteiger partial charge in [-0.25, -0.2) is 4.79 Å². The number of carbonyl (C=O) groups is 2. The van der Waals surface area contributed by atoms with E-state index in [-0.39, 0.29) is 11.3 Å². The lowest BCUT2D eigenvalue weighted by atomic mass is 10.1. The number of hydrogen-bond acceptors (Lipinski definition) is 6. The normalized spacial score (nSPS) is 12.4. The Labute approximate surface area is 173 Å². The van der Waals surface area contributed by atoms with E-state index >= 15 is 0 Å². The van der Waals surface area contributed by atoms with Crippen LogP contribution in [0.3, 0.4) is 0 Å². The monoisotopic (exact) mass is 407 g/mol. The first kappa shape index (κ1) is 19.6. The molecule has 1 heterocycles. The lowest BCUT2D eigenvalue weighted by Gasteiger charge is -2.18. The highest BCUT2D eigenvalue weighted by molar-refractivity contribution is 5.99. The summed E-state index contributed by atoms with van der Waals surface area (Å²) in [4.78, 5) is 24.3. The first-order valence-corrected chi connectivity index (χ1v) is 9.64. The van der Waals surface area contributed by atoms with Crippen LogP contribution in [0.2, 0.25) is 0 Å². The maximum atomic E-state index is 12.3. The third kappa shape index (κ3) is 4.46. The summed E-state index contributed by atoms with van der Waals surface area (Å²) < 4.78 is 16.1. The molecule has 1 amide bonds. The minimum atomic E-state index is -0.750. The highest BCUT2D eigenvalue weighted by Crippen LogP contribution is 2.30. The van der Waals surface area contributed by atoms with E-state index in [1.807, 2.05) is 42.5 Å². The predicted octanol–water partition coefficient (Wildman–Crippen LogP) is 2.83. The van der Waals surface area contributed by atoms with Gasteiger partial charge in [-0.05, 0) is 47.0 Å². The third-order valence-corrected chi connectivity index (χ3v) is 4.76. The van der Waals surface area contributed by atoms with Gasteiger partial charge in [0.2, 0.25) is 0 Å². The Morgan fingerprint density at radius 3 is 2.50 bits per heavy atom. The minimum absolute atomic E-state index is 0.0257. The molecule has 0 atom stereocenters. The maximum Gasteiger partial charge on any atom is 0.342 e. The van der Waals surface area contributed by atoms with E-state index in [9.17, 15) is 14.7 Å². The number of rotatable bonds is 6. The van der Waals surface area contributed by atoms with Gasteiger partial charge >= 0.3 is 5.97 Å². The fourth-order valence-corrected chi connectivity index (χ4v) is 3.24. The molecule has 4 rings (SSSR count). The number of ether oxygens (including phenoxy) is 3. The van der Waals surface area contributed by atoms with E-state index in [4.69, 9.17) is 14.2 Å². The van der Waals surface area contributed by atoms with Gasteiger partial charge in [-0.2, -0.15) is 0 Å². The summed E-state index contributed by atoms with van der Waals surface area (Å²) in [5, 5.41) is 14.4. The van der Waals surface area contributed by atoms with Crippen LogP contribution in [-0.4, -0.2) is 43.3 Å². The van der Waals surface area contributed by atoms with Crippen molar-refractivity contribution in [1.82, 2.24) is 5.32 Å². The highest BCUT2D eigenvalue weighted by Gasteiger charge is 2.16. The number of phenols is 1. The second-order valence-corrected chi connectivity index (χ2v) is 6.87. The van der Waals surface area contributed by atoms with E-state index in [2.05, 4.69) is 5.32 Å². The number of benzene rings is 3. The van der Waals surface area contributed by atoms with Crippen molar-refractivity contribution in [3.63, 3.8) is 0 Å². The van der Waals surface area contributed by atoms with Crippen molar-refractivity contribution in [2.24, 2.45) is 0 Å². The molecule has 0 fully saturated rings. The van der Waals surface area contributed by atoms with E-state index in [1.54, 1.807) is 6.07 Å². The van der Waals surface area contributed by atoms with E-state index in [1.165, 1.54) is 6.07 Å². The Hall–Kier alpha value is -3.74. The van der Waals surface area contributed by atoms with Gasteiger partial charge in [0.25, 0.3) is 5.91 Å². The van der Waals surface area contributed by atoms with Crippen LogP contribution in [0.25, 0.3) is 10.8 Å². The molecule has 3 aromatic rings. The largest absolute Gasteiger partial charge is 0.507 e. The highest BCUT2D eigenvalue weighted by atomic mass is 16.6. The molecular weight excluding hydrogens is 386 g/mol. The van der Waals surface area contributed by atoms with Crippen molar-refractivity contribution < 1.29 is 28.9 Å². The SMILES string of the molecule is O=C(COC(=O)c1cc2ccccc2cc1O)NCCc1ccc2c(c1)OCCO2. The molecule has 7 nitrogen and oxygen atoms in total. The van der Waals surface area contributed by atoms with Crippen LogP contribution in [0.15, 0.2) is 54.6 Å². The second-order valence-electron chi connectivity index (χ2n) is 6.87. The van der Waals surface area contributed by atoms with Crippen LogP contribution in [0.1, 0.15) is 15.9 Å². The first-order chi connectivity index (χ1) is 14.6. The molecule has 154 valence electrons. The average molecular weight is 407 g/mol. The summed E-state index contributed by atoms with van der Waals surface area (Å²) in [6.07, 6.45) is 0.599. The van der Waals surface area contributed by atoms with E-state index in [0.29, 0.717) is 31.9 Å². The predicted molar refractivity (Wildman–Crippen MR) is 110 cm³/mol. The maximum absolute atomic E-state index is 12.3. The lowest BCUT2D eigenvalue weighted by molar-refractivity contribution is -0.124. The van der Waals surface area contributed by atoms with E-state index < -0.39 is 18.5 Å². The molecule has 0 saturated carbocycles. The van der Waals surface area contributed by atoms with Gasteiger partial charge in [0.05, 0.1) is 0 Å². The smallest absolute Gasteiger partial charge is 0.342 e. The number of carbonyl (C=O) groups excluding carboxylic acids is 2. The molecule has 0 saturated heterocycles. The molecular formula is C23H21NO6. The Morgan fingerprint density at radius 2 is 1.70 bits per heavy atom. The zero-order valence-electron chi connectivity index (χ0n) is 16.2. The molecule has 0 radical (unpaired) electrons. The van der Waals surface area contributed by atoms with Gasteiger partial charge in [0.1, 0.15) is 24.5 Å². The standard InChI is InChI=1S/C23H21NO6/c25-19-13-17-4-2-1-3-16(17)12-18(19)23(27)30-14-22(26)24-8-7-15-5-6-20-21(11-15)29-10-9-28-20/h1-6,11-13,25H,7-10,14H2,(H,24,26). The fraction of sp³-hybridized carbons (Fsp3) is 0.217. The number of amides is 1. The number of hydrogen-bond donors (Lipinski definition) is 2. The van der Waals surface area contributed by atoms with Gasteiger partial charge in [-0.3, -0.25) is 4.79 Å². The van der Waals surface area contributed by atoms with Crippen LogP contribution < -0.4 is 14.8 Å². The molecule has 3 aromatic carbocycles. The molecule has 0 bridgehead atoms. The molecule has 0 spiro atoms. The molecule has 1 aliphatic rings. The summed E-state index contributed by atoms with van der Waals surface area (Å²) in [6.45, 7) is 1.02. The Balaban J connectivity index is 1.27. The van der Waals surface area contributed by atoms with Gasteiger partial charge in [-0.15, -0.1) is 0 Å². The van der Waals surface area contributed by atoms with Gasteiger partial charge in [0.15, 0.2) is 18.1 Å². The Kier molecular flexibility index (Phi) is 5.70. The lowest BCUT2D eigenvalue weighted by Crippen LogP contribution is -2.30. The summed E-state index contributed by atoms with van der Waals surface area (Å²) >= 11 is 0. The summed E-state index contributed by atoms with van der Waals surface area (Å²) in [6, 6.07) is 16.1. The summed E-state index contributed by atoms with van der Waals surface area (Å²) in [5.74, 6) is 0.0752. The van der Waals surface area contributed by atoms with Crippen LogP contribution >= 0.6 is 0 Å². The van der Waals surface area contributed by atoms with Crippen molar-refractivity contribution in [3.8, 4) is 17.2 Å². The minimum Gasteiger partial charge on any atom is -0.507 e. The number of fused-ring (bicyclic) bond motifs is 2. The van der Waals surface area contributed by atoms with Crippen LogP contribution in [0.4, 0.5) is 0 Å². The number of nitrogens with one attached hydrogen (secondary N) is 1. The van der Waals surface area contributed by atoms with E-state index in [0.717, 1.165) is 22.1 Å². The van der Waals surface area contributed by atoms with Gasteiger partial charge < -0.3 is 24.6 Å². The average Bonchev–Trinajstić information content (AvgIpc) is 2.77. The second kappa shape index (κ2) is 8.73. The number of esters is 1. The van der Waals surface area contributed by atoms with Crippen LogP contribution in [-0.2, 0) is 16.0 Å². The first-order valence-electron chi connectivity index (χ1n) is 9.64. The Bertz CT molecular complexity index is 1090. The van der Waals surface area contributed by atoms with Crippen molar-refractivity contribution in [2.45, 2.75) is 6.42 Å². The van der Waals surface area contributed by atoms with Crippen LogP contribution in [0.5, 0.6) is 17.2 Å². The molecule has 0 unspecified atom stereocenters. The molecule has 30 heavy (non-hydrogen) atoms. The third-order valence-electron chi connectivity index (χ3n) is 4.76. The van der Waals surface area contributed by atoms with Gasteiger partial charge in [-0.1, -0.05) is 30.3 Å². The number of aromatic hydroxyl groups is 1. The molecule has 2 N–H and O–H groups in total. The van der Waals surface area contributed by atoms with Gasteiger partial charge in [0, 0.05) is 6.54 Å². The molecule has 1 aliphatic heterocycles. The quantitative estimate of drug-likeness (QED) is 0.611. The summed E-state index contributed by atoms with van der Waals surface area (Å²) in [7, 11) is 0. The zero-order chi connectivity index (χ0) is 20.9. The topological polar surface area (TPSA) is 94.1 Å². The van der Waals surface area contributed by atoms with Crippen molar-refractivity contribution in [2.75, 3.05) is 26.4 Å². The molecule has 0 aromatic heterocycles. The Morgan fingerprint density at radius 1 is 0.967 bits per heavy atom. The molecule has 0 aliphatic carbocycles. The number of phenolic OH excluding ortho intramolecular Hbond substituents is 1. The summed E-state index contributed by atoms with van der Waals surface area (Å²) in [5.41, 5.74) is 1.02. The van der Waals surface area contributed by atoms with Crippen molar-refractivity contribution >= 4 is 22.6 Å². The van der Waals surface area contributed by atoms with Crippen LogP contribution in [0, 0.1) is 0 Å². The fourth-order valence-electron chi connectivity index (χ4n) is 3.24. The molecule has 7 heteroatoms. The zero-order valence-corrected chi connectivity index (χ0v) is 16.2. The van der Waals surface area contributed by atoms with Crippen molar-refractivity contribution in [3.05, 3.63) is 65.7 Å². The van der Waals surface area contributed by atoms with Crippen molar-refractivity contribution in [1.29, 1.82) is 0 Å².